The van der Waals surface area contributed by atoms with Crippen molar-refractivity contribution in [2.45, 2.75) is 57.0 Å². The Morgan fingerprint density at radius 2 is 1.85 bits per heavy atom. The quantitative estimate of drug-likeness (QED) is 0.314. The number of hydrogen-bond donors (Lipinski definition) is 3. The molecule has 1 saturated carbocycles. The summed E-state index contributed by atoms with van der Waals surface area (Å²) in [5, 5.41) is 11.7. The molecule has 3 heterocycles. The van der Waals surface area contributed by atoms with Crippen molar-refractivity contribution in [1.29, 1.82) is 0 Å². The molecule has 1 aliphatic heterocycles. The van der Waals surface area contributed by atoms with E-state index in [1.54, 1.807) is 19.5 Å². The number of ether oxygens (including phenoxy) is 2. The van der Waals surface area contributed by atoms with Gasteiger partial charge in [0.05, 0.1) is 42.3 Å². The van der Waals surface area contributed by atoms with E-state index in [1.165, 1.54) is 12.8 Å². The summed E-state index contributed by atoms with van der Waals surface area (Å²) in [4.78, 5) is 26.3. The molecule has 1 aliphatic carbocycles. The molecular weight excluding hydrogens is 516 g/mol. The molecule has 3 N–H and O–H groups in total. The Labute approximate surface area is 234 Å². The van der Waals surface area contributed by atoms with Crippen molar-refractivity contribution in [1.82, 2.24) is 20.3 Å². The van der Waals surface area contributed by atoms with Crippen LogP contribution in [0.25, 0.3) is 10.9 Å². The summed E-state index contributed by atoms with van der Waals surface area (Å²) >= 11 is 6.49. The van der Waals surface area contributed by atoms with E-state index in [4.69, 9.17) is 26.1 Å². The van der Waals surface area contributed by atoms with Crippen LogP contribution in [0.4, 0.5) is 11.8 Å². The number of rotatable bonds is 11. The van der Waals surface area contributed by atoms with Gasteiger partial charge in [-0.2, -0.15) is 0 Å². The maximum absolute atomic E-state index is 12.6. The number of halogens is 1. The third kappa shape index (κ3) is 6.96. The zero-order chi connectivity index (χ0) is 27.2. The molecule has 2 aliphatic rings. The number of benzene rings is 1. The average molecular weight is 553 g/mol. The highest BCUT2D eigenvalue weighted by atomic mass is 35.5. The van der Waals surface area contributed by atoms with Crippen molar-refractivity contribution in [2.75, 3.05) is 44.1 Å². The van der Waals surface area contributed by atoms with Gasteiger partial charge in [0.1, 0.15) is 5.82 Å². The summed E-state index contributed by atoms with van der Waals surface area (Å²) in [7, 11) is 1.59. The Balaban J connectivity index is 1.05. The number of methoxy groups -OCH3 is 1. The van der Waals surface area contributed by atoms with Crippen molar-refractivity contribution >= 4 is 40.2 Å². The average Bonchev–Trinajstić information content (AvgIpc) is 2.93. The first kappa shape index (κ1) is 27.6. The van der Waals surface area contributed by atoms with Gasteiger partial charge in [0.15, 0.2) is 0 Å². The predicted molar refractivity (Wildman–Crippen MR) is 153 cm³/mol. The van der Waals surface area contributed by atoms with Crippen LogP contribution in [0.2, 0.25) is 5.02 Å². The summed E-state index contributed by atoms with van der Waals surface area (Å²) in [5.41, 5.74) is 2.64. The summed E-state index contributed by atoms with van der Waals surface area (Å²) in [6.07, 6.45) is 9.07. The normalized spacial score (nSPS) is 20.3. The second-order valence-corrected chi connectivity index (χ2v) is 11.0. The van der Waals surface area contributed by atoms with Crippen molar-refractivity contribution in [3.63, 3.8) is 0 Å². The van der Waals surface area contributed by atoms with E-state index in [2.05, 4.69) is 38.1 Å². The van der Waals surface area contributed by atoms with Gasteiger partial charge in [-0.25, -0.2) is 15.0 Å². The van der Waals surface area contributed by atoms with Crippen LogP contribution in [0.1, 0.15) is 49.1 Å². The molecule has 208 valence electrons. The lowest BCUT2D eigenvalue weighted by Gasteiger charge is -2.29. The molecule has 1 saturated heterocycles. The van der Waals surface area contributed by atoms with E-state index in [0.717, 1.165) is 58.7 Å². The molecule has 2 fully saturated rings. The fourth-order valence-corrected chi connectivity index (χ4v) is 5.46. The smallest absolute Gasteiger partial charge is 0.230 e. The number of amides is 1. The fourth-order valence-electron chi connectivity index (χ4n) is 5.25. The van der Waals surface area contributed by atoms with Gasteiger partial charge < -0.3 is 25.4 Å². The van der Waals surface area contributed by atoms with Crippen molar-refractivity contribution < 1.29 is 14.3 Å². The van der Waals surface area contributed by atoms with Crippen molar-refractivity contribution in [3.8, 4) is 0 Å². The molecule has 0 bridgehead atoms. The van der Waals surface area contributed by atoms with Gasteiger partial charge >= 0.3 is 0 Å². The molecule has 9 nitrogen and oxygen atoms in total. The van der Waals surface area contributed by atoms with Crippen LogP contribution >= 0.6 is 11.6 Å². The number of aromatic nitrogens is 3. The molecule has 39 heavy (non-hydrogen) atoms. The van der Waals surface area contributed by atoms with Gasteiger partial charge in [-0.1, -0.05) is 23.7 Å². The predicted octanol–water partition coefficient (Wildman–Crippen LogP) is 4.70. The van der Waals surface area contributed by atoms with Gasteiger partial charge in [-0.15, -0.1) is 0 Å². The third-order valence-electron chi connectivity index (χ3n) is 7.74. The topological polar surface area (TPSA) is 110 Å². The van der Waals surface area contributed by atoms with E-state index in [-0.39, 0.29) is 18.6 Å². The number of nitrogens with zero attached hydrogens (tertiary/aromatic N) is 3. The summed E-state index contributed by atoms with van der Waals surface area (Å²) < 4.78 is 10.4. The molecule has 3 aromatic rings. The molecule has 1 amide bonds. The first-order valence-electron chi connectivity index (χ1n) is 13.8. The number of anilines is 2. The van der Waals surface area contributed by atoms with Crippen LogP contribution in [0.3, 0.4) is 0 Å². The van der Waals surface area contributed by atoms with Crippen molar-refractivity contribution in [2.24, 2.45) is 5.92 Å². The minimum atomic E-state index is -0.445. The molecule has 5 rings (SSSR count). The number of nitrogens with one attached hydrogen (secondary N) is 3. The monoisotopic (exact) mass is 552 g/mol. The van der Waals surface area contributed by atoms with Crippen LogP contribution in [0.15, 0.2) is 36.7 Å². The maximum atomic E-state index is 12.6. The molecule has 0 unspecified atom stereocenters. The lowest BCUT2D eigenvalue weighted by Crippen LogP contribution is -2.50. The molecule has 1 aromatic carbocycles. The van der Waals surface area contributed by atoms with E-state index in [9.17, 15) is 4.79 Å². The van der Waals surface area contributed by atoms with Gasteiger partial charge in [-0.3, -0.25) is 4.79 Å². The second kappa shape index (κ2) is 12.9. The second-order valence-electron chi connectivity index (χ2n) is 10.6. The highest BCUT2D eigenvalue weighted by Gasteiger charge is 2.27. The molecule has 1 atom stereocenters. The van der Waals surface area contributed by atoms with Crippen LogP contribution in [0, 0.1) is 12.8 Å². The summed E-state index contributed by atoms with van der Waals surface area (Å²) in [6, 6.07) is 8.72. The van der Waals surface area contributed by atoms with Crippen LogP contribution in [0.5, 0.6) is 0 Å². The maximum Gasteiger partial charge on any atom is 0.230 e. The minimum absolute atomic E-state index is 0.0725. The van der Waals surface area contributed by atoms with Gasteiger partial charge in [-0.05, 0) is 62.6 Å². The zero-order valence-corrected chi connectivity index (χ0v) is 23.3. The number of carbonyl (C=O) groups excluding carboxylic acids is 1. The number of pyridine rings is 1. The molecular formula is C29H37ClN6O3. The lowest BCUT2D eigenvalue weighted by molar-refractivity contribution is -0.127. The minimum Gasteiger partial charge on any atom is -0.384 e. The Morgan fingerprint density at radius 1 is 1.10 bits per heavy atom. The number of carbonyl (C=O) groups is 1. The lowest BCUT2D eigenvalue weighted by atomic mass is 9.84. The Hall–Kier alpha value is -3.01. The molecule has 0 spiro atoms. The van der Waals surface area contributed by atoms with Gasteiger partial charge in [0, 0.05) is 43.0 Å². The van der Waals surface area contributed by atoms with E-state index < -0.39 is 5.92 Å². The van der Waals surface area contributed by atoms with Crippen molar-refractivity contribution in [3.05, 3.63) is 52.8 Å². The van der Waals surface area contributed by atoms with E-state index in [1.807, 2.05) is 19.1 Å². The van der Waals surface area contributed by atoms with Crippen LogP contribution in [-0.2, 0) is 14.3 Å². The standard InChI is InChI=1S/C29H37ClN6O3/c1-18-3-6-20-7-10-25(36-27(20)26(18)30)34-22-8-4-19(5-9-22)11-12-31-29-32-13-21(14-33-29)24(17-38-2)28(37)35-23-15-39-16-23/h3,6-7,10,13-14,19,22-24H,4-5,8-9,11-12,15-17H2,1-2H3,(H,34,36)(H,35,37)(H,31,32,33)/t19?,22?,24-/m0/s1. The van der Waals surface area contributed by atoms with E-state index >= 15 is 0 Å². The first-order chi connectivity index (χ1) is 19.0. The van der Waals surface area contributed by atoms with E-state index in [0.29, 0.717) is 31.1 Å². The number of fused-ring (bicyclic) bond motifs is 1. The Morgan fingerprint density at radius 3 is 2.54 bits per heavy atom. The van der Waals surface area contributed by atoms with Gasteiger partial charge in [0.2, 0.25) is 11.9 Å². The molecule has 0 radical (unpaired) electrons. The number of hydrogen-bond acceptors (Lipinski definition) is 8. The zero-order valence-electron chi connectivity index (χ0n) is 22.6. The first-order valence-corrected chi connectivity index (χ1v) is 14.1. The fraction of sp³-hybridized carbons (Fsp3) is 0.517. The summed E-state index contributed by atoms with van der Waals surface area (Å²) in [6.45, 7) is 4.21. The largest absolute Gasteiger partial charge is 0.384 e. The third-order valence-corrected chi connectivity index (χ3v) is 8.21. The highest BCUT2D eigenvalue weighted by molar-refractivity contribution is 6.35. The molecule has 10 heteroatoms. The SMILES string of the molecule is COC[C@H](C(=O)NC1COC1)c1cnc(NCCC2CCC(Nc3ccc4ccc(C)c(Cl)c4n3)CC2)nc1. The van der Waals surface area contributed by atoms with Crippen LogP contribution < -0.4 is 16.0 Å². The highest BCUT2D eigenvalue weighted by Crippen LogP contribution is 2.30. The Bertz CT molecular complexity index is 1260. The Kier molecular flexibility index (Phi) is 9.11. The number of aryl methyl sites for hydroxylation is 1. The summed E-state index contributed by atoms with van der Waals surface area (Å²) in [5.74, 6) is 1.60. The van der Waals surface area contributed by atoms with Crippen LogP contribution in [-0.4, -0.2) is 66.4 Å². The molecule has 2 aromatic heterocycles. The van der Waals surface area contributed by atoms with Gasteiger partial charge in [0.25, 0.3) is 0 Å².